The van der Waals surface area contributed by atoms with E-state index >= 15 is 0 Å². The SMILES string of the molecule is Fc1cc(Nc2ccc(N3CCOCC3)cc2)ncn1. The van der Waals surface area contributed by atoms with Gasteiger partial charge in [0.05, 0.1) is 13.2 Å². The lowest BCUT2D eigenvalue weighted by Gasteiger charge is -2.28. The third-order valence-corrected chi connectivity index (χ3v) is 3.15. The first-order valence-electron chi connectivity index (χ1n) is 6.48. The van der Waals surface area contributed by atoms with Gasteiger partial charge < -0.3 is 15.0 Å². The highest BCUT2D eigenvalue weighted by Crippen LogP contribution is 2.21. The van der Waals surface area contributed by atoms with Gasteiger partial charge >= 0.3 is 0 Å². The van der Waals surface area contributed by atoms with Gasteiger partial charge in [0, 0.05) is 30.5 Å². The normalized spacial score (nSPS) is 15.2. The largest absolute Gasteiger partial charge is 0.378 e. The summed E-state index contributed by atoms with van der Waals surface area (Å²) in [4.78, 5) is 9.65. The molecule has 5 nitrogen and oxygen atoms in total. The molecular formula is C14H15FN4O. The molecule has 1 fully saturated rings. The molecule has 0 saturated carbocycles. The van der Waals surface area contributed by atoms with Crippen LogP contribution in [-0.2, 0) is 4.74 Å². The van der Waals surface area contributed by atoms with E-state index in [1.807, 2.05) is 24.3 Å². The Labute approximate surface area is 116 Å². The number of nitrogens with one attached hydrogen (secondary N) is 1. The molecule has 1 aliphatic rings. The van der Waals surface area contributed by atoms with Gasteiger partial charge in [-0.3, -0.25) is 0 Å². The molecular weight excluding hydrogens is 259 g/mol. The highest BCUT2D eigenvalue weighted by molar-refractivity contribution is 5.60. The number of aromatic nitrogens is 2. The lowest BCUT2D eigenvalue weighted by molar-refractivity contribution is 0.122. The van der Waals surface area contributed by atoms with Gasteiger partial charge in [-0.05, 0) is 24.3 Å². The fourth-order valence-corrected chi connectivity index (χ4v) is 2.13. The molecule has 0 unspecified atom stereocenters. The lowest BCUT2D eigenvalue weighted by Crippen LogP contribution is -2.36. The van der Waals surface area contributed by atoms with Gasteiger partial charge in [-0.15, -0.1) is 0 Å². The number of hydrogen-bond acceptors (Lipinski definition) is 5. The molecule has 1 saturated heterocycles. The predicted molar refractivity (Wildman–Crippen MR) is 74.7 cm³/mol. The summed E-state index contributed by atoms with van der Waals surface area (Å²) in [5, 5.41) is 3.04. The Bertz CT molecular complexity index is 570. The third-order valence-electron chi connectivity index (χ3n) is 3.15. The van der Waals surface area contributed by atoms with Crippen LogP contribution >= 0.6 is 0 Å². The zero-order chi connectivity index (χ0) is 13.8. The van der Waals surface area contributed by atoms with Crippen molar-refractivity contribution in [1.29, 1.82) is 0 Å². The molecule has 20 heavy (non-hydrogen) atoms. The van der Waals surface area contributed by atoms with Crippen LogP contribution in [-0.4, -0.2) is 36.3 Å². The fraction of sp³-hybridized carbons (Fsp3) is 0.286. The molecule has 1 aliphatic heterocycles. The van der Waals surface area contributed by atoms with Crippen molar-refractivity contribution >= 4 is 17.2 Å². The van der Waals surface area contributed by atoms with Crippen LogP contribution in [0.5, 0.6) is 0 Å². The minimum Gasteiger partial charge on any atom is -0.378 e. The average molecular weight is 274 g/mol. The molecule has 1 aromatic heterocycles. The highest BCUT2D eigenvalue weighted by atomic mass is 19.1. The summed E-state index contributed by atoms with van der Waals surface area (Å²) in [6.45, 7) is 3.34. The van der Waals surface area contributed by atoms with E-state index in [0.717, 1.165) is 37.7 Å². The Balaban J connectivity index is 1.69. The molecule has 2 heterocycles. The van der Waals surface area contributed by atoms with Crippen molar-refractivity contribution in [3.05, 3.63) is 42.6 Å². The predicted octanol–water partition coefficient (Wildman–Crippen LogP) is 2.20. The Morgan fingerprint density at radius 1 is 1.10 bits per heavy atom. The van der Waals surface area contributed by atoms with E-state index in [0.29, 0.717) is 5.82 Å². The standard InChI is InChI=1S/C14H15FN4O/c15-13-9-14(17-10-16-13)18-11-1-3-12(4-2-11)19-5-7-20-8-6-19/h1-4,9-10H,5-8H2,(H,16,17,18). The summed E-state index contributed by atoms with van der Waals surface area (Å²) in [5.74, 6) is -0.107. The second kappa shape index (κ2) is 5.83. The third kappa shape index (κ3) is 3.03. The highest BCUT2D eigenvalue weighted by Gasteiger charge is 2.10. The van der Waals surface area contributed by atoms with E-state index in [-0.39, 0.29) is 0 Å². The number of benzene rings is 1. The molecule has 1 aromatic carbocycles. The second-order valence-corrected chi connectivity index (χ2v) is 4.50. The van der Waals surface area contributed by atoms with Gasteiger partial charge in [0.2, 0.25) is 5.95 Å². The molecule has 2 aromatic rings. The minimum atomic E-state index is -0.549. The van der Waals surface area contributed by atoms with Gasteiger partial charge in [0.25, 0.3) is 0 Å². The Morgan fingerprint density at radius 3 is 2.55 bits per heavy atom. The number of halogens is 1. The Hall–Kier alpha value is -2.21. The maximum atomic E-state index is 13.0. The lowest BCUT2D eigenvalue weighted by atomic mass is 10.2. The number of rotatable bonds is 3. The molecule has 0 atom stereocenters. The number of anilines is 3. The monoisotopic (exact) mass is 274 g/mol. The maximum absolute atomic E-state index is 13.0. The van der Waals surface area contributed by atoms with E-state index in [9.17, 15) is 4.39 Å². The van der Waals surface area contributed by atoms with Crippen LogP contribution in [0.1, 0.15) is 0 Å². The molecule has 0 spiro atoms. The second-order valence-electron chi connectivity index (χ2n) is 4.50. The number of morpholine rings is 1. The van der Waals surface area contributed by atoms with Crippen LogP contribution in [0.3, 0.4) is 0 Å². The van der Waals surface area contributed by atoms with Crippen LogP contribution in [0.25, 0.3) is 0 Å². The number of ether oxygens (including phenoxy) is 1. The molecule has 0 amide bonds. The van der Waals surface area contributed by atoms with Crippen LogP contribution < -0.4 is 10.2 Å². The van der Waals surface area contributed by atoms with Gasteiger partial charge in [-0.1, -0.05) is 0 Å². The first-order chi connectivity index (χ1) is 9.81. The van der Waals surface area contributed by atoms with Crippen LogP contribution in [0.2, 0.25) is 0 Å². The maximum Gasteiger partial charge on any atom is 0.218 e. The average Bonchev–Trinajstić information content (AvgIpc) is 2.49. The first kappa shape index (κ1) is 12.8. The summed E-state index contributed by atoms with van der Waals surface area (Å²) in [7, 11) is 0. The quantitative estimate of drug-likeness (QED) is 0.870. The van der Waals surface area contributed by atoms with Crippen molar-refractivity contribution < 1.29 is 9.13 Å². The van der Waals surface area contributed by atoms with E-state index in [2.05, 4.69) is 20.2 Å². The van der Waals surface area contributed by atoms with Crippen molar-refractivity contribution in [3.63, 3.8) is 0 Å². The van der Waals surface area contributed by atoms with E-state index < -0.39 is 5.95 Å². The van der Waals surface area contributed by atoms with Gasteiger partial charge in [0.1, 0.15) is 12.1 Å². The molecule has 0 radical (unpaired) electrons. The number of hydrogen-bond donors (Lipinski definition) is 1. The van der Waals surface area contributed by atoms with E-state index in [4.69, 9.17) is 4.74 Å². The van der Waals surface area contributed by atoms with Crippen molar-refractivity contribution in [2.24, 2.45) is 0 Å². The van der Waals surface area contributed by atoms with Gasteiger partial charge in [0.15, 0.2) is 0 Å². The molecule has 1 N–H and O–H groups in total. The fourth-order valence-electron chi connectivity index (χ4n) is 2.13. The summed E-state index contributed by atoms with van der Waals surface area (Å²) in [5.41, 5.74) is 2.02. The van der Waals surface area contributed by atoms with E-state index in [1.54, 1.807) is 0 Å². The first-order valence-corrected chi connectivity index (χ1v) is 6.48. The Morgan fingerprint density at radius 2 is 1.85 bits per heavy atom. The summed E-state index contributed by atoms with van der Waals surface area (Å²) < 4.78 is 18.3. The topological polar surface area (TPSA) is 50.3 Å². The molecule has 6 heteroatoms. The molecule has 0 aliphatic carbocycles. The van der Waals surface area contributed by atoms with Gasteiger partial charge in [-0.2, -0.15) is 4.39 Å². The zero-order valence-electron chi connectivity index (χ0n) is 10.9. The zero-order valence-corrected chi connectivity index (χ0v) is 10.9. The van der Waals surface area contributed by atoms with E-state index in [1.165, 1.54) is 12.4 Å². The van der Waals surface area contributed by atoms with Crippen molar-refractivity contribution in [3.8, 4) is 0 Å². The molecule has 0 bridgehead atoms. The van der Waals surface area contributed by atoms with Gasteiger partial charge in [-0.25, -0.2) is 9.97 Å². The van der Waals surface area contributed by atoms with Crippen molar-refractivity contribution in [1.82, 2.24) is 9.97 Å². The van der Waals surface area contributed by atoms with Crippen molar-refractivity contribution in [2.45, 2.75) is 0 Å². The van der Waals surface area contributed by atoms with Crippen LogP contribution in [0, 0.1) is 5.95 Å². The molecule has 104 valence electrons. The van der Waals surface area contributed by atoms with Crippen LogP contribution in [0.4, 0.5) is 21.6 Å². The smallest absolute Gasteiger partial charge is 0.218 e. The molecule has 3 rings (SSSR count). The van der Waals surface area contributed by atoms with Crippen LogP contribution in [0.15, 0.2) is 36.7 Å². The van der Waals surface area contributed by atoms with Crippen molar-refractivity contribution in [2.75, 3.05) is 36.5 Å². The summed E-state index contributed by atoms with van der Waals surface area (Å²) in [6.07, 6.45) is 1.19. The Kier molecular flexibility index (Phi) is 3.73. The summed E-state index contributed by atoms with van der Waals surface area (Å²) >= 11 is 0. The summed E-state index contributed by atoms with van der Waals surface area (Å²) in [6, 6.07) is 9.22. The minimum absolute atomic E-state index is 0.441. The number of nitrogens with zero attached hydrogens (tertiary/aromatic N) is 3.